The first-order valence-corrected chi connectivity index (χ1v) is 3.47. The number of carboxylic acid groups (broad SMARTS) is 1. The molecule has 0 saturated carbocycles. The van der Waals surface area contributed by atoms with E-state index in [1.54, 1.807) is 6.92 Å². The molecule has 12 heavy (non-hydrogen) atoms. The van der Waals surface area contributed by atoms with Crippen molar-refractivity contribution in [2.45, 2.75) is 19.4 Å². The predicted octanol–water partition coefficient (Wildman–Crippen LogP) is 0.727. The molecular formula is C7H9NO4. The summed E-state index contributed by atoms with van der Waals surface area (Å²) in [7, 11) is 0. The summed E-state index contributed by atoms with van der Waals surface area (Å²) in [6.07, 6.45) is -0.326. The van der Waals surface area contributed by atoms with Gasteiger partial charge in [0.05, 0.1) is 11.8 Å². The van der Waals surface area contributed by atoms with Crippen LogP contribution in [-0.4, -0.2) is 33.2 Å². The largest absolute Gasteiger partial charge is 0.515 e. The zero-order valence-electron chi connectivity index (χ0n) is 6.52. The third kappa shape index (κ3) is 1.13. The Morgan fingerprint density at radius 2 is 2.33 bits per heavy atom. The quantitative estimate of drug-likeness (QED) is 0.416. The fourth-order valence-electron chi connectivity index (χ4n) is 1.24. The maximum atomic E-state index is 11.1. The lowest BCUT2D eigenvalue weighted by atomic mass is 10.2. The van der Waals surface area contributed by atoms with Crippen LogP contribution in [0.2, 0.25) is 0 Å². The highest BCUT2D eigenvalue weighted by atomic mass is 16.4. The van der Waals surface area contributed by atoms with Gasteiger partial charge in [-0.25, -0.2) is 9.69 Å². The van der Waals surface area contributed by atoms with Gasteiger partial charge in [-0.1, -0.05) is 0 Å². The molecule has 0 spiro atoms. The van der Waals surface area contributed by atoms with Crippen molar-refractivity contribution in [2.75, 3.05) is 0 Å². The maximum Gasteiger partial charge on any atom is 0.414 e. The van der Waals surface area contributed by atoms with Gasteiger partial charge in [0, 0.05) is 12.5 Å². The third-order valence-electron chi connectivity index (χ3n) is 1.81. The Balaban J connectivity index is 2.92. The summed E-state index contributed by atoms with van der Waals surface area (Å²) in [6.45, 7) is 1.61. The number of nitrogens with zero attached hydrogens (tertiary/aromatic N) is 1. The summed E-state index contributed by atoms with van der Waals surface area (Å²) in [5, 5.41) is 17.1. The van der Waals surface area contributed by atoms with Crippen molar-refractivity contribution in [2.24, 2.45) is 0 Å². The Morgan fingerprint density at radius 1 is 1.75 bits per heavy atom. The van der Waals surface area contributed by atoms with Crippen molar-refractivity contribution in [3.8, 4) is 0 Å². The molecule has 0 aromatic heterocycles. The Kier molecular flexibility index (Phi) is 2.03. The first-order chi connectivity index (χ1) is 5.57. The predicted molar refractivity (Wildman–Crippen MR) is 39.7 cm³/mol. The highest BCUT2D eigenvalue weighted by Gasteiger charge is 2.36. The zero-order valence-corrected chi connectivity index (χ0v) is 6.52. The van der Waals surface area contributed by atoms with E-state index in [0.717, 1.165) is 0 Å². The molecule has 1 aliphatic rings. The number of rotatable bonds is 0. The van der Waals surface area contributed by atoms with Crippen molar-refractivity contribution in [1.29, 1.82) is 0 Å². The van der Waals surface area contributed by atoms with E-state index in [1.807, 2.05) is 0 Å². The molecule has 1 atom stereocenters. The van der Waals surface area contributed by atoms with Gasteiger partial charge in [0.2, 0.25) is 0 Å². The van der Waals surface area contributed by atoms with E-state index in [2.05, 4.69) is 0 Å². The average Bonchev–Trinajstić information content (AvgIpc) is 2.25. The number of hydrogen-bond donors (Lipinski definition) is 2. The average molecular weight is 171 g/mol. The third-order valence-corrected chi connectivity index (χ3v) is 1.81. The number of aliphatic hydroxyl groups excluding tert-OH is 1. The van der Waals surface area contributed by atoms with Crippen LogP contribution in [0, 0.1) is 0 Å². The Labute approximate surface area is 68.9 Å². The number of likely N-dealkylation sites (tertiary alicyclic amines) is 1. The lowest BCUT2D eigenvalue weighted by Gasteiger charge is -2.13. The number of amides is 2. The molecule has 2 N–H and O–H groups in total. The van der Waals surface area contributed by atoms with E-state index < -0.39 is 12.0 Å². The van der Waals surface area contributed by atoms with Gasteiger partial charge in [0.15, 0.2) is 0 Å². The molecule has 0 bridgehead atoms. The van der Waals surface area contributed by atoms with Crippen LogP contribution < -0.4 is 0 Å². The summed E-state index contributed by atoms with van der Waals surface area (Å²) in [6, 6.07) is -0.381. The van der Waals surface area contributed by atoms with Crippen molar-refractivity contribution in [3.05, 3.63) is 11.8 Å². The van der Waals surface area contributed by atoms with Gasteiger partial charge < -0.3 is 10.2 Å². The highest BCUT2D eigenvalue weighted by Crippen LogP contribution is 2.22. The van der Waals surface area contributed by atoms with Gasteiger partial charge in [-0.3, -0.25) is 4.79 Å². The SMILES string of the molecule is CC1CC(=CO)C(=O)N1C(=O)O. The Morgan fingerprint density at radius 3 is 2.58 bits per heavy atom. The summed E-state index contributed by atoms with van der Waals surface area (Å²) in [5.74, 6) is -0.627. The first-order valence-electron chi connectivity index (χ1n) is 3.47. The second-order valence-electron chi connectivity index (χ2n) is 2.67. The Bertz CT molecular complexity index is 258. The fraction of sp³-hybridized carbons (Fsp3) is 0.429. The molecule has 2 amide bonds. The highest BCUT2D eigenvalue weighted by molar-refractivity contribution is 6.04. The standard InChI is InChI=1S/C7H9NO4/c1-4-2-5(3-9)6(10)8(4)7(11)12/h3-4,9H,2H2,1H3,(H,11,12). The minimum Gasteiger partial charge on any atom is -0.515 e. The van der Waals surface area contributed by atoms with Crippen LogP contribution in [0.15, 0.2) is 11.8 Å². The number of imide groups is 1. The molecule has 1 saturated heterocycles. The molecule has 5 nitrogen and oxygen atoms in total. The molecular weight excluding hydrogens is 162 g/mol. The number of hydrogen-bond acceptors (Lipinski definition) is 3. The van der Waals surface area contributed by atoms with Crippen molar-refractivity contribution in [1.82, 2.24) is 4.90 Å². The fourth-order valence-corrected chi connectivity index (χ4v) is 1.24. The molecule has 1 aliphatic heterocycles. The second-order valence-corrected chi connectivity index (χ2v) is 2.67. The first kappa shape index (κ1) is 8.58. The van der Waals surface area contributed by atoms with E-state index in [1.165, 1.54) is 0 Å². The van der Waals surface area contributed by atoms with E-state index in [4.69, 9.17) is 10.2 Å². The van der Waals surface area contributed by atoms with Crippen LogP contribution >= 0.6 is 0 Å². The van der Waals surface area contributed by atoms with Crippen molar-refractivity contribution < 1.29 is 19.8 Å². The molecule has 1 fully saturated rings. The normalized spacial score (nSPS) is 26.8. The van der Waals surface area contributed by atoms with E-state index in [0.29, 0.717) is 11.2 Å². The molecule has 5 heteroatoms. The molecule has 1 heterocycles. The summed E-state index contributed by atoms with van der Waals surface area (Å²) >= 11 is 0. The van der Waals surface area contributed by atoms with E-state index >= 15 is 0 Å². The second kappa shape index (κ2) is 2.84. The molecule has 0 radical (unpaired) electrons. The van der Waals surface area contributed by atoms with Crippen LogP contribution in [0.3, 0.4) is 0 Å². The minimum absolute atomic E-state index is 0.143. The van der Waals surface area contributed by atoms with Crippen LogP contribution in [0.5, 0.6) is 0 Å². The minimum atomic E-state index is -1.27. The van der Waals surface area contributed by atoms with E-state index in [9.17, 15) is 9.59 Å². The summed E-state index contributed by atoms with van der Waals surface area (Å²) in [5.41, 5.74) is 0.143. The Hall–Kier alpha value is -1.52. The van der Waals surface area contributed by atoms with Crippen LogP contribution in [0.25, 0.3) is 0 Å². The molecule has 0 aromatic rings. The van der Waals surface area contributed by atoms with Gasteiger partial charge in [0.25, 0.3) is 5.91 Å². The van der Waals surface area contributed by atoms with Crippen molar-refractivity contribution in [3.63, 3.8) is 0 Å². The van der Waals surface area contributed by atoms with Gasteiger partial charge in [-0.05, 0) is 6.92 Å². The smallest absolute Gasteiger partial charge is 0.414 e. The molecule has 0 aromatic carbocycles. The van der Waals surface area contributed by atoms with Gasteiger partial charge in [0.1, 0.15) is 0 Å². The van der Waals surface area contributed by atoms with Gasteiger partial charge in [-0.15, -0.1) is 0 Å². The summed E-state index contributed by atoms with van der Waals surface area (Å²) < 4.78 is 0. The topological polar surface area (TPSA) is 77.8 Å². The molecule has 1 unspecified atom stereocenters. The van der Waals surface area contributed by atoms with Crippen LogP contribution in [0.4, 0.5) is 4.79 Å². The van der Waals surface area contributed by atoms with E-state index in [-0.39, 0.29) is 18.0 Å². The monoisotopic (exact) mass is 171 g/mol. The van der Waals surface area contributed by atoms with Crippen LogP contribution in [-0.2, 0) is 4.79 Å². The summed E-state index contributed by atoms with van der Waals surface area (Å²) in [4.78, 5) is 22.3. The van der Waals surface area contributed by atoms with Gasteiger partial charge in [-0.2, -0.15) is 0 Å². The van der Waals surface area contributed by atoms with Crippen LogP contribution in [0.1, 0.15) is 13.3 Å². The lowest BCUT2D eigenvalue weighted by molar-refractivity contribution is -0.124. The maximum absolute atomic E-state index is 11.1. The number of aliphatic hydroxyl groups is 1. The molecule has 1 rings (SSSR count). The van der Waals surface area contributed by atoms with Gasteiger partial charge >= 0.3 is 6.09 Å². The lowest BCUT2D eigenvalue weighted by Crippen LogP contribution is -2.35. The van der Waals surface area contributed by atoms with Crippen molar-refractivity contribution >= 4 is 12.0 Å². The zero-order chi connectivity index (χ0) is 9.30. The number of carbonyl (C=O) groups is 2. The molecule has 66 valence electrons. The number of carbonyl (C=O) groups excluding carboxylic acids is 1. The molecule has 0 aliphatic carbocycles.